The van der Waals surface area contributed by atoms with Crippen LogP contribution in [0, 0.1) is 5.92 Å². The molecule has 0 fully saturated rings. The first-order valence-electron chi connectivity index (χ1n) is 11.3. The number of nitrogens with one attached hydrogen (secondary N) is 2. The Hall–Kier alpha value is -3.35. The maximum absolute atomic E-state index is 12.5. The Labute approximate surface area is 194 Å². The first-order chi connectivity index (χ1) is 15.7. The quantitative estimate of drug-likeness (QED) is 0.498. The second-order valence-corrected chi connectivity index (χ2v) is 9.14. The van der Waals surface area contributed by atoms with Crippen LogP contribution < -0.4 is 10.6 Å². The molecule has 2 amide bonds. The van der Waals surface area contributed by atoms with E-state index in [-0.39, 0.29) is 31.4 Å². The van der Waals surface area contributed by atoms with E-state index in [0.29, 0.717) is 6.42 Å². The zero-order valence-corrected chi connectivity index (χ0v) is 19.4. The monoisotopic (exact) mass is 452 g/mol. The van der Waals surface area contributed by atoms with Crippen LogP contribution in [0.3, 0.4) is 0 Å². The largest absolute Gasteiger partial charge is 0.481 e. The molecule has 3 rings (SSSR count). The van der Waals surface area contributed by atoms with Gasteiger partial charge in [0, 0.05) is 24.4 Å². The van der Waals surface area contributed by atoms with Crippen LogP contribution in [0.4, 0.5) is 4.79 Å². The van der Waals surface area contributed by atoms with Gasteiger partial charge in [-0.15, -0.1) is 0 Å². The molecule has 33 heavy (non-hydrogen) atoms. The number of carbonyl (C=O) groups excluding carboxylic acids is 2. The summed E-state index contributed by atoms with van der Waals surface area (Å²) < 4.78 is 5.56. The summed E-state index contributed by atoms with van der Waals surface area (Å²) in [5.74, 6) is -1.90. The van der Waals surface area contributed by atoms with Crippen molar-refractivity contribution in [1.82, 2.24) is 10.6 Å². The van der Waals surface area contributed by atoms with E-state index in [1.165, 1.54) is 0 Å². The maximum atomic E-state index is 12.5. The van der Waals surface area contributed by atoms with Gasteiger partial charge in [-0.2, -0.15) is 0 Å². The minimum Gasteiger partial charge on any atom is -0.481 e. The molecule has 0 aliphatic heterocycles. The third-order valence-electron chi connectivity index (χ3n) is 5.92. The van der Waals surface area contributed by atoms with Gasteiger partial charge in [0.2, 0.25) is 5.91 Å². The second kappa shape index (κ2) is 10.5. The molecule has 0 heterocycles. The Morgan fingerprint density at radius 2 is 1.61 bits per heavy atom. The number of fused-ring (bicyclic) bond motifs is 3. The molecule has 1 unspecified atom stereocenters. The normalized spacial score (nSPS) is 13.5. The van der Waals surface area contributed by atoms with E-state index in [9.17, 15) is 19.5 Å². The highest BCUT2D eigenvalue weighted by Gasteiger charge is 2.30. The van der Waals surface area contributed by atoms with Gasteiger partial charge in [0.05, 0.1) is 5.92 Å². The molecule has 0 saturated carbocycles. The molecule has 2 aromatic carbocycles. The standard InChI is InChI=1S/C26H32N2O5/c1-4-9-17(24(30)31)15-27-23(29)14-26(2,3)28-25(32)33-16-22-20-12-7-5-10-18(20)19-11-6-8-13-21(19)22/h5-8,10-13,17,22H,4,9,14-16H2,1-3H3,(H,27,29)(H,28,32)(H,30,31). The van der Waals surface area contributed by atoms with Crippen molar-refractivity contribution in [3.05, 3.63) is 59.7 Å². The molecule has 1 aliphatic rings. The van der Waals surface area contributed by atoms with E-state index < -0.39 is 23.5 Å². The number of ether oxygens (including phenoxy) is 1. The molecule has 2 aromatic rings. The summed E-state index contributed by atoms with van der Waals surface area (Å²) in [6.07, 6.45) is 0.637. The lowest BCUT2D eigenvalue weighted by Crippen LogP contribution is -2.47. The van der Waals surface area contributed by atoms with Crippen molar-refractivity contribution in [2.75, 3.05) is 13.2 Å². The summed E-state index contributed by atoms with van der Waals surface area (Å²) >= 11 is 0. The smallest absolute Gasteiger partial charge is 0.407 e. The van der Waals surface area contributed by atoms with E-state index in [1.807, 2.05) is 31.2 Å². The molecular formula is C26H32N2O5. The molecule has 1 aliphatic carbocycles. The van der Waals surface area contributed by atoms with Gasteiger partial charge in [0.15, 0.2) is 0 Å². The van der Waals surface area contributed by atoms with Gasteiger partial charge in [0.25, 0.3) is 0 Å². The van der Waals surface area contributed by atoms with Crippen molar-refractivity contribution in [1.29, 1.82) is 0 Å². The van der Waals surface area contributed by atoms with Crippen molar-refractivity contribution in [2.45, 2.75) is 51.5 Å². The maximum Gasteiger partial charge on any atom is 0.407 e. The fraction of sp³-hybridized carbons (Fsp3) is 0.423. The van der Waals surface area contributed by atoms with Gasteiger partial charge < -0.3 is 20.5 Å². The molecule has 0 spiro atoms. The number of aliphatic carboxylic acids is 1. The van der Waals surface area contributed by atoms with Gasteiger partial charge in [0.1, 0.15) is 6.61 Å². The number of rotatable bonds is 10. The highest BCUT2D eigenvalue weighted by molar-refractivity contribution is 5.80. The number of hydrogen-bond acceptors (Lipinski definition) is 4. The number of carboxylic acids is 1. The summed E-state index contributed by atoms with van der Waals surface area (Å²) in [5.41, 5.74) is 3.72. The van der Waals surface area contributed by atoms with Gasteiger partial charge in [-0.25, -0.2) is 4.79 Å². The van der Waals surface area contributed by atoms with Crippen molar-refractivity contribution in [2.24, 2.45) is 5.92 Å². The van der Waals surface area contributed by atoms with E-state index in [4.69, 9.17) is 4.74 Å². The number of hydrogen-bond donors (Lipinski definition) is 3. The highest BCUT2D eigenvalue weighted by atomic mass is 16.5. The predicted molar refractivity (Wildman–Crippen MR) is 126 cm³/mol. The molecule has 1 atom stereocenters. The van der Waals surface area contributed by atoms with E-state index in [0.717, 1.165) is 28.7 Å². The van der Waals surface area contributed by atoms with Crippen molar-refractivity contribution in [3.63, 3.8) is 0 Å². The average molecular weight is 453 g/mol. The Kier molecular flexibility index (Phi) is 7.74. The molecular weight excluding hydrogens is 420 g/mol. The number of carbonyl (C=O) groups is 3. The fourth-order valence-corrected chi connectivity index (χ4v) is 4.32. The van der Waals surface area contributed by atoms with Crippen LogP contribution in [0.5, 0.6) is 0 Å². The SMILES string of the molecule is CCCC(CNC(=O)CC(C)(C)NC(=O)OCC1c2ccccc2-c2ccccc21)C(=O)O. The summed E-state index contributed by atoms with van der Waals surface area (Å²) in [7, 11) is 0. The summed E-state index contributed by atoms with van der Waals surface area (Å²) in [6.45, 7) is 5.63. The molecule has 0 radical (unpaired) electrons. The molecule has 7 nitrogen and oxygen atoms in total. The fourth-order valence-electron chi connectivity index (χ4n) is 4.32. The number of amides is 2. The van der Waals surface area contributed by atoms with Crippen molar-refractivity contribution < 1.29 is 24.2 Å². The minimum absolute atomic E-state index is 0.00958. The number of benzene rings is 2. The lowest BCUT2D eigenvalue weighted by atomic mass is 9.98. The van der Waals surface area contributed by atoms with Crippen LogP contribution in [0.25, 0.3) is 11.1 Å². The molecule has 0 bridgehead atoms. The van der Waals surface area contributed by atoms with Crippen LogP contribution >= 0.6 is 0 Å². The first kappa shape index (κ1) is 24.3. The number of carboxylic acid groups (broad SMARTS) is 1. The highest BCUT2D eigenvalue weighted by Crippen LogP contribution is 2.44. The average Bonchev–Trinajstić information content (AvgIpc) is 3.08. The Morgan fingerprint density at radius 1 is 1.03 bits per heavy atom. The third-order valence-corrected chi connectivity index (χ3v) is 5.92. The zero-order valence-electron chi connectivity index (χ0n) is 19.4. The molecule has 7 heteroatoms. The van der Waals surface area contributed by atoms with E-state index in [2.05, 4.69) is 34.9 Å². The van der Waals surface area contributed by atoms with Crippen molar-refractivity contribution in [3.8, 4) is 11.1 Å². The van der Waals surface area contributed by atoms with E-state index in [1.54, 1.807) is 13.8 Å². The summed E-state index contributed by atoms with van der Waals surface area (Å²) in [5, 5.41) is 14.6. The van der Waals surface area contributed by atoms with Crippen molar-refractivity contribution >= 4 is 18.0 Å². The zero-order chi connectivity index (χ0) is 24.0. The lowest BCUT2D eigenvalue weighted by molar-refractivity contribution is -0.141. The molecule has 0 saturated heterocycles. The van der Waals surface area contributed by atoms with Crippen LogP contribution in [-0.2, 0) is 14.3 Å². The van der Waals surface area contributed by atoms with Gasteiger partial charge in [-0.05, 0) is 42.5 Å². The summed E-state index contributed by atoms with van der Waals surface area (Å²) in [4.78, 5) is 36.1. The van der Waals surface area contributed by atoms with Crippen LogP contribution in [0.2, 0.25) is 0 Å². The Balaban J connectivity index is 1.53. The molecule has 3 N–H and O–H groups in total. The van der Waals surface area contributed by atoms with Crippen LogP contribution in [-0.4, -0.2) is 41.8 Å². The van der Waals surface area contributed by atoms with Gasteiger partial charge in [-0.3, -0.25) is 9.59 Å². The topological polar surface area (TPSA) is 105 Å². The van der Waals surface area contributed by atoms with Crippen LogP contribution in [0.1, 0.15) is 57.1 Å². The lowest BCUT2D eigenvalue weighted by Gasteiger charge is -2.26. The second-order valence-electron chi connectivity index (χ2n) is 9.14. The minimum atomic E-state index is -0.923. The van der Waals surface area contributed by atoms with Crippen LogP contribution in [0.15, 0.2) is 48.5 Å². The Bertz CT molecular complexity index is 972. The molecule has 176 valence electrons. The van der Waals surface area contributed by atoms with E-state index >= 15 is 0 Å². The molecule has 0 aromatic heterocycles. The third kappa shape index (κ3) is 6.12. The summed E-state index contributed by atoms with van der Waals surface area (Å²) in [6, 6.07) is 16.2. The first-order valence-corrected chi connectivity index (χ1v) is 11.3. The Morgan fingerprint density at radius 3 is 2.15 bits per heavy atom. The predicted octanol–water partition coefficient (Wildman–Crippen LogP) is 4.31. The van der Waals surface area contributed by atoms with Gasteiger partial charge >= 0.3 is 12.1 Å². The number of alkyl carbamates (subject to hydrolysis) is 1. The van der Waals surface area contributed by atoms with Gasteiger partial charge in [-0.1, -0.05) is 61.9 Å².